The van der Waals surface area contributed by atoms with Crippen LogP contribution >= 0.6 is 0 Å². The van der Waals surface area contributed by atoms with Gasteiger partial charge < -0.3 is 4.74 Å². The monoisotopic (exact) mass is 340 g/mol. The van der Waals surface area contributed by atoms with Crippen LogP contribution < -0.4 is 10.2 Å². The molecule has 1 aromatic heterocycles. The van der Waals surface area contributed by atoms with E-state index in [0.29, 0.717) is 12.8 Å². The molecule has 0 fully saturated rings. The average Bonchev–Trinajstić information content (AvgIpc) is 2.64. The van der Waals surface area contributed by atoms with E-state index in [1.807, 2.05) is 68.5 Å². The Kier molecular flexibility index (Phi) is 7.16. The minimum Gasteiger partial charge on any atom is -0.486 e. The van der Waals surface area contributed by atoms with Crippen molar-refractivity contribution in [3.05, 3.63) is 66.5 Å². The van der Waals surface area contributed by atoms with Crippen molar-refractivity contribution in [2.24, 2.45) is 0 Å². The lowest BCUT2D eigenvalue weighted by Gasteiger charge is -2.25. The van der Waals surface area contributed by atoms with E-state index in [-0.39, 0.29) is 6.10 Å². The van der Waals surface area contributed by atoms with Gasteiger partial charge in [0.1, 0.15) is 11.9 Å². The number of hydrogen-bond acceptors (Lipinski definition) is 4. The number of hydrogen-bond donors (Lipinski definition) is 1. The predicted octanol–water partition coefficient (Wildman–Crippen LogP) is 3.78. The first kappa shape index (κ1) is 18.7. The van der Waals surface area contributed by atoms with Crippen molar-refractivity contribution in [3.63, 3.8) is 0 Å². The highest BCUT2D eigenvalue weighted by Gasteiger charge is 2.21. The smallest absolute Gasteiger partial charge is 0.230 e. The fraction of sp³-hybridized carbons (Fsp3) is 0.300. The lowest BCUT2D eigenvalue weighted by molar-refractivity contribution is -0.136. The molecular weight excluding hydrogens is 316 g/mol. The highest BCUT2D eigenvalue weighted by Crippen LogP contribution is 2.21. The van der Waals surface area contributed by atoms with Crippen LogP contribution in [-0.4, -0.2) is 23.1 Å². The number of pyridine rings is 1. The first-order chi connectivity index (χ1) is 12.1. The van der Waals surface area contributed by atoms with Crippen LogP contribution in [0.5, 0.6) is 5.75 Å². The third kappa shape index (κ3) is 7.18. The molecule has 5 heteroatoms. The first-order valence-electron chi connectivity index (χ1n) is 8.26. The zero-order valence-corrected chi connectivity index (χ0v) is 14.6. The van der Waals surface area contributed by atoms with Crippen molar-refractivity contribution < 1.29 is 14.4 Å². The molecule has 0 bridgehead atoms. The second-order valence-electron chi connectivity index (χ2n) is 6.25. The molecule has 5 nitrogen and oxygen atoms in total. The van der Waals surface area contributed by atoms with Gasteiger partial charge in [0.2, 0.25) is 6.41 Å². The number of nitrogens with zero attached hydrogens (tertiary/aromatic N) is 1. The summed E-state index contributed by atoms with van der Waals surface area (Å²) in [6.45, 7) is 3.85. The maximum absolute atomic E-state index is 10.4. The summed E-state index contributed by atoms with van der Waals surface area (Å²) < 4.78 is 6.09. The lowest BCUT2D eigenvalue weighted by Crippen LogP contribution is -2.33. The number of benzene rings is 1. The number of carbonyl (C=O) groups excluding carboxylic acids is 1. The van der Waals surface area contributed by atoms with Crippen LogP contribution in [0.4, 0.5) is 0 Å². The predicted molar refractivity (Wildman–Crippen MR) is 97.7 cm³/mol. The molecular formula is C20H24N2O3. The highest BCUT2D eigenvalue weighted by molar-refractivity contribution is 5.48. The first-order valence-corrected chi connectivity index (χ1v) is 8.26. The van der Waals surface area contributed by atoms with E-state index in [1.165, 1.54) is 0 Å². The van der Waals surface area contributed by atoms with Crippen LogP contribution in [0.2, 0.25) is 0 Å². The number of amides is 1. The van der Waals surface area contributed by atoms with E-state index in [1.54, 1.807) is 12.4 Å². The Bertz CT molecular complexity index is 657. The van der Waals surface area contributed by atoms with Gasteiger partial charge in [0.05, 0.1) is 5.60 Å². The quantitative estimate of drug-likeness (QED) is 0.528. The summed E-state index contributed by atoms with van der Waals surface area (Å²) in [7, 11) is 0. The van der Waals surface area contributed by atoms with Crippen LogP contribution in [0, 0.1) is 0 Å². The molecule has 2 aromatic rings. The molecule has 1 aromatic carbocycles. The summed E-state index contributed by atoms with van der Waals surface area (Å²) in [5.74, 6) is 0.816. The van der Waals surface area contributed by atoms with Gasteiger partial charge in [-0.2, -0.15) is 0 Å². The van der Waals surface area contributed by atoms with Crippen LogP contribution in [0.3, 0.4) is 0 Å². The van der Waals surface area contributed by atoms with Gasteiger partial charge >= 0.3 is 0 Å². The number of hydroxylamine groups is 1. The molecule has 1 N–H and O–H groups in total. The molecule has 132 valence electrons. The van der Waals surface area contributed by atoms with Gasteiger partial charge in [0.15, 0.2) is 0 Å². The van der Waals surface area contributed by atoms with Gasteiger partial charge in [-0.25, -0.2) is 5.48 Å². The second-order valence-corrected chi connectivity index (χ2v) is 6.25. The second kappa shape index (κ2) is 9.59. The number of ether oxygens (including phenoxy) is 1. The fourth-order valence-corrected chi connectivity index (χ4v) is 2.29. The Hall–Kier alpha value is -2.66. The largest absolute Gasteiger partial charge is 0.486 e. The Morgan fingerprint density at radius 2 is 1.88 bits per heavy atom. The fourth-order valence-electron chi connectivity index (χ4n) is 2.29. The van der Waals surface area contributed by atoms with Crippen LogP contribution in [-0.2, 0) is 9.63 Å². The van der Waals surface area contributed by atoms with Crippen LogP contribution in [0.25, 0.3) is 6.08 Å². The van der Waals surface area contributed by atoms with Gasteiger partial charge in [-0.1, -0.05) is 24.3 Å². The third-order valence-corrected chi connectivity index (χ3v) is 3.65. The molecule has 0 aliphatic carbocycles. The number of nitrogens with one attached hydrogen (secondary N) is 1. The van der Waals surface area contributed by atoms with Gasteiger partial charge in [0, 0.05) is 12.4 Å². The van der Waals surface area contributed by atoms with E-state index in [2.05, 4.69) is 10.5 Å². The van der Waals surface area contributed by atoms with Crippen molar-refractivity contribution in [1.82, 2.24) is 10.5 Å². The molecule has 0 radical (unpaired) electrons. The molecule has 1 unspecified atom stereocenters. The molecule has 0 aliphatic heterocycles. The summed E-state index contributed by atoms with van der Waals surface area (Å²) in [6.07, 6.45) is 9.44. The normalized spacial score (nSPS) is 12.7. The van der Waals surface area contributed by atoms with Crippen LogP contribution in [0.1, 0.15) is 32.3 Å². The van der Waals surface area contributed by atoms with Gasteiger partial charge in [-0.15, -0.1) is 0 Å². The molecule has 1 heterocycles. The molecule has 2 rings (SSSR count). The highest BCUT2D eigenvalue weighted by atomic mass is 16.7. The summed E-state index contributed by atoms with van der Waals surface area (Å²) in [4.78, 5) is 19.8. The van der Waals surface area contributed by atoms with E-state index < -0.39 is 5.60 Å². The SMILES string of the molecule is CC(C)(CCC(/C=C/c1ccncc1)Oc1ccccc1)ONC=O. The lowest BCUT2D eigenvalue weighted by atomic mass is 9.99. The Labute approximate surface area is 148 Å². The molecule has 1 atom stereocenters. The van der Waals surface area contributed by atoms with E-state index >= 15 is 0 Å². The molecule has 1 amide bonds. The Balaban J connectivity index is 2.03. The Morgan fingerprint density at radius 1 is 1.16 bits per heavy atom. The van der Waals surface area contributed by atoms with E-state index in [0.717, 1.165) is 17.7 Å². The minimum atomic E-state index is -0.482. The summed E-state index contributed by atoms with van der Waals surface area (Å²) in [5.41, 5.74) is 2.86. The minimum absolute atomic E-state index is 0.116. The number of rotatable bonds is 10. The topological polar surface area (TPSA) is 60.5 Å². The van der Waals surface area contributed by atoms with Crippen LogP contribution in [0.15, 0.2) is 60.9 Å². The summed E-state index contributed by atoms with van der Waals surface area (Å²) in [5, 5.41) is 0. The third-order valence-electron chi connectivity index (χ3n) is 3.65. The number of para-hydroxylation sites is 1. The molecule has 0 spiro atoms. The van der Waals surface area contributed by atoms with Crippen molar-refractivity contribution in [2.45, 2.75) is 38.4 Å². The number of carbonyl (C=O) groups is 1. The van der Waals surface area contributed by atoms with E-state index in [9.17, 15) is 4.79 Å². The molecule has 0 saturated carbocycles. The van der Waals surface area contributed by atoms with Crippen molar-refractivity contribution in [3.8, 4) is 5.75 Å². The molecule has 0 aliphatic rings. The van der Waals surface area contributed by atoms with Gasteiger partial charge in [0.25, 0.3) is 0 Å². The summed E-state index contributed by atoms with van der Waals surface area (Å²) in [6, 6.07) is 13.6. The molecule has 0 saturated heterocycles. The standard InChI is InChI=1S/C20H24N2O3/c1-20(2,25-22-16-23)13-10-19(24-18-6-4-3-5-7-18)9-8-17-11-14-21-15-12-17/h3-9,11-12,14-16,19H,10,13H2,1-2H3,(H,22,23)/b9-8+. The number of aromatic nitrogens is 1. The molecule has 25 heavy (non-hydrogen) atoms. The van der Waals surface area contributed by atoms with E-state index in [4.69, 9.17) is 9.57 Å². The zero-order chi connectivity index (χ0) is 18.0. The van der Waals surface area contributed by atoms with Gasteiger partial charge in [-0.3, -0.25) is 14.6 Å². The average molecular weight is 340 g/mol. The summed E-state index contributed by atoms with van der Waals surface area (Å²) >= 11 is 0. The Morgan fingerprint density at radius 3 is 2.56 bits per heavy atom. The van der Waals surface area contributed by atoms with Gasteiger partial charge in [-0.05, 0) is 62.6 Å². The maximum atomic E-state index is 10.4. The van der Waals surface area contributed by atoms with Crippen molar-refractivity contribution in [2.75, 3.05) is 0 Å². The van der Waals surface area contributed by atoms with Crippen molar-refractivity contribution >= 4 is 12.5 Å². The maximum Gasteiger partial charge on any atom is 0.230 e. The van der Waals surface area contributed by atoms with Crippen molar-refractivity contribution in [1.29, 1.82) is 0 Å². The zero-order valence-electron chi connectivity index (χ0n) is 14.6.